The van der Waals surface area contributed by atoms with Gasteiger partial charge in [-0.3, -0.25) is 0 Å². The third-order valence-electron chi connectivity index (χ3n) is 3.44. The lowest BCUT2D eigenvalue weighted by Gasteiger charge is -2.25. The molecule has 3 heteroatoms. The zero-order valence-electron chi connectivity index (χ0n) is 10.4. The van der Waals surface area contributed by atoms with Gasteiger partial charge in [-0.15, -0.1) is 0 Å². The summed E-state index contributed by atoms with van der Waals surface area (Å²) in [5.74, 6) is 2.44. The van der Waals surface area contributed by atoms with Crippen molar-refractivity contribution in [2.75, 3.05) is 13.7 Å². The molecule has 3 nitrogen and oxygen atoms in total. The molecule has 0 bridgehead atoms. The summed E-state index contributed by atoms with van der Waals surface area (Å²) in [6.07, 6.45) is 4.65. The fourth-order valence-corrected chi connectivity index (χ4v) is 2.24. The molecule has 2 rings (SSSR count). The minimum absolute atomic E-state index is 0.409. The van der Waals surface area contributed by atoms with E-state index in [2.05, 4.69) is 0 Å². The molecule has 0 saturated heterocycles. The minimum Gasteiger partial charge on any atom is -0.497 e. The van der Waals surface area contributed by atoms with Gasteiger partial charge in [0.25, 0.3) is 0 Å². The van der Waals surface area contributed by atoms with E-state index >= 15 is 0 Å². The van der Waals surface area contributed by atoms with Crippen LogP contribution in [0.4, 0.5) is 0 Å². The van der Waals surface area contributed by atoms with Gasteiger partial charge in [0.1, 0.15) is 11.5 Å². The molecule has 0 radical (unpaired) electrons. The second kappa shape index (κ2) is 5.92. The highest BCUT2D eigenvalue weighted by atomic mass is 16.5. The van der Waals surface area contributed by atoms with Crippen molar-refractivity contribution < 1.29 is 9.47 Å². The third-order valence-corrected chi connectivity index (χ3v) is 3.44. The molecule has 1 saturated carbocycles. The number of rotatable bonds is 4. The van der Waals surface area contributed by atoms with Crippen molar-refractivity contribution in [3.05, 3.63) is 24.3 Å². The van der Waals surface area contributed by atoms with Crippen LogP contribution >= 0.6 is 0 Å². The predicted molar refractivity (Wildman–Crippen MR) is 68.4 cm³/mol. The van der Waals surface area contributed by atoms with E-state index in [0.717, 1.165) is 30.9 Å². The Morgan fingerprint density at radius 3 is 2.24 bits per heavy atom. The van der Waals surface area contributed by atoms with Gasteiger partial charge in [0.05, 0.1) is 13.7 Å². The zero-order chi connectivity index (χ0) is 12.1. The van der Waals surface area contributed by atoms with Crippen LogP contribution in [-0.2, 0) is 0 Å². The standard InChI is InChI=1S/C14H21NO2/c1-16-13-6-8-14(9-7-13)17-10-11-2-4-12(15)5-3-11/h6-9,11-12H,2-5,10,15H2,1H3. The number of hydrogen-bond acceptors (Lipinski definition) is 3. The van der Waals surface area contributed by atoms with Crippen molar-refractivity contribution in [2.45, 2.75) is 31.7 Å². The molecule has 1 fully saturated rings. The summed E-state index contributed by atoms with van der Waals surface area (Å²) in [5.41, 5.74) is 5.88. The van der Waals surface area contributed by atoms with E-state index in [9.17, 15) is 0 Å². The van der Waals surface area contributed by atoms with Crippen LogP contribution in [0.15, 0.2) is 24.3 Å². The predicted octanol–water partition coefficient (Wildman–Crippen LogP) is 2.59. The van der Waals surface area contributed by atoms with Gasteiger partial charge in [-0.25, -0.2) is 0 Å². The number of nitrogens with two attached hydrogens (primary N) is 1. The van der Waals surface area contributed by atoms with Gasteiger partial charge < -0.3 is 15.2 Å². The minimum atomic E-state index is 0.409. The van der Waals surface area contributed by atoms with E-state index < -0.39 is 0 Å². The van der Waals surface area contributed by atoms with Crippen LogP contribution in [0.1, 0.15) is 25.7 Å². The van der Waals surface area contributed by atoms with Crippen LogP contribution in [-0.4, -0.2) is 19.8 Å². The monoisotopic (exact) mass is 235 g/mol. The SMILES string of the molecule is COc1ccc(OCC2CCC(N)CC2)cc1. The van der Waals surface area contributed by atoms with Gasteiger partial charge in [-0.1, -0.05) is 0 Å². The highest BCUT2D eigenvalue weighted by Gasteiger charge is 2.18. The van der Waals surface area contributed by atoms with Crippen LogP contribution in [0.2, 0.25) is 0 Å². The molecule has 1 aromatic carbocycles. The maximum Gasteiger partial charge on any atom is 0.119 e. The molecule has 2 N–H and O–H groups in total. The number of benzene rings is 1. The van der Waals surface area contributed by atoms with Crippen molar-refractivity contribution in [3.63, 3.8) is 0 Å². The average Bonchev–Trinajstić information content (AvgIpc) is 2.39. The summed E-state index contributed by atoms with van der Waals surface area (Å²) in [5, 5.41) is 0. The topological polar surface area (TPSA) is 44.5 Å². The summed E-state index contributed by atoms with van der Waals surface area (Å²) in [6, 6.07) is 8.16. The first-order valence-electron chi connectivity index (χ1n) is 6.30. The molecule has 0 heterocycles. The molecule has 0 amide bonds. The fourth-order valence-electron chi connectivity index (χ4n) is 2.24. The maximum absolute atomic E-state index is 5.88. The van der Waals surface area contributed by atoms with Crippen molar-refractivity contribution in [3.8, 4) is 11.5 Å². The summed E-state index contributed by atoms with van der Waals surface area (Å²) < 4.78 is 10.9. The molecular weight excluding hydrogens is 214 g/mol. The van der Waals surface area contributed by atoms with E-state index in [0.29, 0.717) is 12.0 Å². The smallest absolute Gasteiger partial charge is 0.119 e. The van der Waals surface area contributed by atoms with E-state index in [1.54, 1.807) is 7.11 Å². The van der Waals surface area contributed by atoms with Gasteiger partial charge in [0.2, 0.25) is 0 Å². The van der Waals surface area contributed by atoms with Crippen molar-refractivity contribution in [1.82, 2.24) is 0 Å². The van der Waals surface area contributed by atoms with Crippen molar-refractivity contribution in [2.24, 2.45) is 11.7 Å². The first-order valence-corrected chi connectivity index (χ1v) is 6.30. The summed E-state index contributed by atoms with van der Waals surface area (Å²) >= 11 is 0. The fraction of sp³-hybridized carbons (Fsp3) is 0.571. The van der Waals surface area contributed by atoms with Crippen LogP contribution in [0.5, 0.6) is 11.5 Å². The van der Waals surface area contributed by atoms with Gasteiger partial charge in [-0.05, 0) is 55.9 Å². The summed E-state index contributed by atoms with van der Waals surface area (Å²) in [7, 11) is 1.67. The molecule has 1 aromatic rings. The molecule has 1 aliphatic carbocycles. The Morgan fingerprint density at radius 1 is 1.06 bits per heavy atom. The molecule has 1 aliphatic rings. The highest BCUT2D eigenvalue weighted by molar-refractivity contribution is 5.31. The van der Waals surface area contributed by atoms with E-state index in [-0.39, 0.29) is 0 Å². The van der Waals surface area contributed by atoms with Crippen molar-refractivity contribution >= 4 is 0 Å². The Morgan fingerprint density at radius 2 is 1.65 bits per heavy atom. The summed E-state index contributed by atoms with van der Waals surface area (Å²) in [4.78, 5) is 0. The molecule has 0 spiro atoms. The first kappa shape index (κ1) is 12.2. The molecule has 0 unspecified atom stereocenters. The van der Waals surface area contributed by atoms with Gasteiger partial charge in [-0.2, -0.15) is 0 Å². The molecule has 0 aromatic heterocycles. The Kier molecular flexibility index (Phi) is 4.26. The van der Waals surface area contributed by atoms with Crippen LogP contribution in [0, 0.1) is 5.92 Å². The second-order valence-corrected chi connectivity index (χ2v) is 4.77. The summed E-state index contributed by atoms with van der Waals surface area (Å²) in [6.45, 7) is 0.805. The van der Waals surface area contributed by atoms with Crippen LogP contribution in [0.3, 0.4) is 0 Å². The first-order chi connectivity index (χ1) is 8.28. The van der Waals surface area contributed by atoms with Gasteiger partial charge in [0.15, 0.2) is 0 Å². The Bertz CT molecular complexity index is 329. The maximum atomic E-state index is 5.88. The lowest BCUT2D eigenvalue weighted by Crippen LogP contribution is -2.28. The zero-order valence-corrected chi connectivity index (χ0v) is 10.4. The largest absolute Gasteiger partial charge is 0.497 e. The Hall–Kier alpha value is -1.22. The van der Waals surface area contributed by atoms with Crippen LogP contribution < -0.4 is 15.2 Å². The van der Waals surface area contributed by atoms with E-state index in [1.807, 2.05) is 24.3 Å². The average molecular weight is 235 g/mol. The Labute approximate surface area is 103 Å². The van der Waals surface area contributed by atoms with Gasteiger partial charge in [0, 0.05) is 6.04 Å². The Balaban J connectivity index is 1.77. The quantitative estimate of drug-likeness (QED) is 0.872. The second-order valence-electron chi connectivity index (χ2n) is 4.77. The third kappa shape index (κ3) is 3.63. The van der Waals surface area contributed by atoms with E-state index in [1.165, 1.54) is 12.8 Å². The number of hydrogen-bond donors (Lipinski definition) is 1. The van der Waals surface area contributed by atoms with Gasteiger partial charge >= 0.3 is 0 Å². The molecule has 94 valence electrons. The van der Waals surface area contributed by atoms with Crippen LogP contribution in [0.25, 0.3) is 0 Å². The number of methoxy groups -OCH3 is 1. The lowest BCUT2D eigenvalue weighted by atomic mass is 9.87. The lowest BCUT2D eigenvalue weighted by molar-refractivity contribution is 0.200. The van der Waals surface area contributed by atoms with Crippen molar-refractivity contribution in [1.29, 1.82) is 0 Å². The van der Waals surface area contributed by atoms with E-state index in [4.69, 9.17) is 15.2 Å². The molecule has 0 atom stereocenters. The number of ether oxygens (including phenoxy) is 2. The molecule has 0 aliphatic heterocycles. The normalized spacial score (nSPS) is 24.4. The molecule has 17 heavy (non-hydrogen) atoms. The highest BCUT2D eigenvalue weighted by Crippen LogP contribution is 2.24. The molecular formula is C14H21NO2.